The Hall–Kier alpha value is -3.24. The molecule has 1 fully saturated rings. The molecule has 9 heteroatoms. The number of hydrogen-bond donors (Lipinski definition) is 4. The van der Waals surface area contributed by atoms with Crippen LogP contribution < -0.4 is 14.4 Å². The molecule has 4 aromatic rings. The summed E-state index contributed by atoms with van der Waals surface area (Å²) >= 11 is 0. The Morgan fingerprint density at radius 1 is 1.12 bits per heavy atom. The van der Waals surface area contributed by atoms with Crippen molar-refractivity contribution >= 4 is 38.5 Å². The zero-order valence-electron chi connectivity index (χ0n) is 19.4. The van der Waals surface area contributed by atoms with Gasteiger partial charge in [-0.2, -0.15) is 0 Å². The minimum Gasteiger partial charge on any atom is -0.550 e. The third kappa shape index (κ3) is 4.30. The molecule has 1 unspecified atom stereocenters. The van der Waals surface area contributed by atoms with Crippen LogP contribution in [0.4, 0.5) is 0 Å². The van der Waals surface area contributed by atoms with Crippen molar-refractivity contribution in [1.82, 2.24) is 4.98 Å². The fraction of sp³-hybridized carbons (Fsp3) is 0.360. The first-order valence-corrected chi connectivity index (χ1v) is 10.9. The number of H-pyrrole nitrogens is 1. The van der Waals surface area contributed by atoms with E-state index in [2.05, 4.69) is 37.3 Å². The van der Waals surface area contributed by atoms with Crippen molar-refractivity contribution in [2.45, 2.75) is 45.4 Å². The molecule has 2 aromatic carbocycles. The number of aryl methyl sites for hydroxylation is 3. The third-order valence-electron chi connectivity index (χ3n) is 6.13. The number of carboxylic acids is 1. The van der Waals surface area contributed by atoms with E-state index in [4.69, 9.17) is 19.4 Å². The van der Waals surface area contributed by atoms with Crippen molar-refractivity contribution in [3.8, 4) is 5.75 Å². The Morgan fingerprint density at radius 3 is 2.53 bits per heavy atom. The van der Waals surface area contributed by atoms with Gasteiger partial charge in [0.05, 0.1) is 12.1 Å². The topological polar surface area (TPSA) is 139 Å². The molecule has 0 radical (unpaired) electrons. The molecule has 4 atom stereocenters. The monoisotopic (exact) mass is 468 g/mol. The number of carbonyl (C=O) groups excluding carboxylic acids is 1. The molecule has 1 saturated heterocycles. The number of aliphatic hydroxyl groups is 3. The van der Waals surface area contributed by atoms with Crippen LogP contribution in [0, 0.1) is 13.8 Å². The van der Waals surface area contributed by atoms with Gasteiger partial charge in [0.25, 0.3) is 0 Å². The van der Waals surface area contributed by atoms with Gasteiger partial charge in [-0.1, -0.05) is 0 Å². The Morgan fingerprint density at radius 2 is 1.82 bits per heavy atom. The number of ether oxygens (including phenoxy) is 2. The first kappa shape index (κ1) is 23.9. The number of aromatic amines is 1. The Kier molecular flexibility index (Phi) is 6.46. The highest BCUT2D eigenvalue weighted by atomic mass is 16.7. The molecule has 2 aromatic heterocycles. The van der Waals surface area contributed by atoms with Gasteiger partial charge < -0.3 is 39.7 Å². The number of pyridine rings is 1. The molecule has 0 saturated carbocycles. The number of aliphatic carboxylic acids is 1. The summed E-state index contributed by atoms with van der Waals surface area (Å²) in [6.07, 6.45) is -0.631. The molecule has 0 spiro atoms. The highest BCUT2D eigenvalue weighted by Crippen LogP contribution is 2.37. The Balaban J connectivity index is 0.000000636. The lowest BCUT2D eigenvalue weighted by molar-refractivity contribution is -0.670. The van der Waals surface area contributed by atoms with Crippen LogP contribution in [0.15, 0.2) is 36.7 Å². The average molecular weight is 469 g/mol. The summed E-state index contributed by atoms with van der Waals surface area (Å²) in [5.41, 5.74) is 4.45. The number of carbonyl (C=O) groups is 1. The number of aromatic nitrogens is 2. The molecule has 5 rings (SSSR count). The van der Waals surface area contributed by atoms with Crippen LogP contribution >= 0.6 is 0 Å². The zero-order chi connectivity index (χ0) is 24.7. The van der Waals surface area contributed by atoms with Gasteiger partial charge in [0.15, 0.2) is 12.4 Å². The van der Waals surface area contributed by atoms with Gasteiger partial charge in [-0.15, -0.1) is 0 Å². The summed E-state index contributed by atoms with van der Waals surface area (Å²) in [7, 11) is 2.01. The number of nitrogens with one attached hydrogen (secondary N) is 1. The number of fused-ring (bicyclic) bond motifs is 4. The SMILES string of the molecule is CC(=O)[O-].Cc1c2cc[n+](C)cc2c(C)c2c1[nH]c1ccc(OC3OC[C@H](O)[C@H](O)[C@H]3O)cc12. The molecule has 34 heavy (non-hydrogen) atoms. The standard InChI is InChI=1S/C23H24N2O5.C2H4O2/c1-11-16-9-25(3)7-6-14(16)12(2)20-19(11)15-8-13(4-5-17(15)24-20)30-23-22(28)21(27)18(26)10-29-23;1-2(3)4/h4-9,18,21-23,26-28H,10H2,1-3H3;1H3,(H,3,4)/t18-,21-,22+,23?;/m0./s1. The van der Waals surface area contributed by atoms with E-state index >= 15 is 0 Å². The van der Waals surface area contributed by atoms with Crippen LogP contribution in [0.3, 0.4) is 0 Å². The summed E-state index contributed by atoms with van der Waals surface area (Å²) in [5, 5.41) is 43.1. The van der Waals surface area contributed by atoms with Gasteiger partial charge in [0, 0.05) is 33.7 Å². The number of benzene rings is 2. The molecular weight excluding hydrogens is 440 g/mol. The highest BCUT2D eigenvalue weighted by molar-refractivity contribution is 6.16. The van der Waals surface area contributed by atoms with E-state index in [1.54, 1.807) is 6.07 Å². The van der Waals surface area contributed by atoms with E-state index in [0.717, 1.165) is 28.7 Å². The first-order valence-electron chi connectivity index (χ1n) is 10.9. The van der Waals surface area contributed by atoms with Crippen LogP contribution in [0.25, 0.3) is 32.6 Å². The van der Waals surface area contributed by atoms with Gasteiger partial charge >= 0.3 is 0 Å². The smallest absolute Gasteiger partial charge is 0.228 e. The molecule has 1 aliphatic heterocycles. The molecule has 180 valence electrons. The molecule has 9 nitrogen and oxygen atoms in total. The van der Waals surface area contributed by atoms with Crippen molar-refractivity contribution in [3.63, 3.8) is 0 Å². The maximum Gasteiger partial charge on any atom is 0.228 e. The van der Waals surface area contributed by atoms with E-state index < -0.39 is 30.6 Å². The van der Waals surface area contributed by atoms with Crippen molar-refractivity contribution in [1.29, 1.82) is 0 Å². The molecule has 0 amide bonds. The summed E-state index contributed by atoms with van der Waals surface area (Å²) < 4.78 is 13.3. The van der Waals surface area contributed by atoms with Crippen LogP contribution in [0.1, 0.15) is 18.1 Å². The third-order valence-corrected chi connectivity index (χ3v) is 6.13. The second-order valence-corrected chi connectivity index (χ2v) is 8.63. The summed E-state index contributed by atoms with van der Waals surface area (Å²) in [5.74, 6) is -0.563. The minimum absolute atomic E-state index is 0.0977. The molecular formula is C25H28N2O7. The summed E-state index contributed by atoms with van der Waals surface area (Å²) in [6, 6.07) is 7.80. The van der Waals surface area contributed by atoms with Gasteiger partial charge in [0.2, 0.25) is 6.29 Å². The van der Waals surface area contributed by atoms with Crippen molar-refractivity contribution in [2.75, 3.05) is 6.61 Å². The summed E-state index contributed by atoms with van der Waals surface area (Å²) in [6.45, 7) is 5.12. The summed E-state index contributed by atoms with van der Waals surface area (Å²) in [4.78, 5) is 12.4. The molecule has 0 bridgehead atoms. The lowest BCUT2D eigenvalue weighted by Crippen LogP contribution is -2.54. The largest absolute Gasteiger partial charge is 0.550 e. The minimum atomic E-state index is -1.33. The van der Waals surface area contributed by atoms with Crippen LogP contribution in [-0.2, 0) is 16.6 Å². The van der Waals surface area contributed by atoms with E-state index in [0.29, 0.717) is 5.75 Å². The van der Waals surface area contributed by atoms with E-state index in [-0.39, 0.29) is 6.61 Å². The highest BCUT2D eigenvalue weighted by Gasteiger charge is 2.39. The second-order valence-electron chi connectivity index (χ2n) is 8.63. The van der Waals surface area contributed by atoms with Gasteiger partial charge in [-0.05, 0) is 55.5 Å². The Labute approximate surface area is 195 Å². The van der Waals surface area contributed by atoms with Gasteiger partial charge in [-0.25, -0.2) is 4.57 Å². The van der Waals surface area contributed by atoms with E-state index in [1.165, 1.54) is 21.9 Å². The van der Waals surface area contributed by atoms with Gasteiger partial charge in [0.1, 0.15) is 31.1 Å². The van der Waals surface area contributed by atoms with Crippen molar-refractivity contribution < 1.29 is 39.3 Å². The number of nitrogens with zero attached hydrogens (tertiary/aromatic N) is 1. The number of carboxylic acid groups (broad SMARTS) is 1. The molecule has 4 N–H and O–H groups in total. The van der Waals surface area contributed by atoms with Gasteiger partial charge in [-0.3, -0.25) is 0 Å². The average Bonchev–Trinajstić information content (AvgIpc) is 3.17. The van der Waals surface area contributed by atoms with E-state index in [1.807, 2.05) is 23.7 Å². The number of aliphatic hydroxyl groups excluding tert-OH is 3. The number of hydrogen-bond acceptors (Lipinski definition) is 7. The molecule has 1 aliphatic rings. The van der Waals surface area contributed by atoms with E-state index in [9.17, 15) is 15.3 Å². The zero-order valence-corrected chi connectivity index (χ0v) is 19.4. The molecule has 3 heterocycles. The lowest BCUT2D eigenvalue weighted by atomic mass is 9.97. The lowest BCUT2D eigenvalue weighted by Gasteiger charge is -2.34. The maximum absolute atomic E-state index is 10.2. The number of rotatable bonds is 2. The maximum atomic E-state index is 10.2. The first-order chi connectivity index (χ1) is 16.1. The quantitative estimate of drug-likeness (QED) is 0.314. The fourth-order valence-corrected chi connectivity index (χ4v) is 4.43. The van der Waals surface area contributed by atoms with Crippen molar-refractivity contribution in [3.05, 3.63) is 47.8 Å². The van der Waals surface area contributed by atoms with Crippen LogP contribution in [0.5, 0.6) is 5.75 Å². The fourth-order valence-electron chi connectivity index (χ4n) is 4.43. The van der Waals surface area contributed by atoms with Crippen LogP contribution in [-0.4, -0.2) is 57.5 Å². The van der Waals surface area contributed by atoms with Crippen molar-refractivity contribution in [2.24, 2.45) is 7.05 Å². The van der Waals surface area contributed by atoms with Crippen LogP contribution in [0.2, 0.25) is 0 Å². The Bertz CT molecular complexity index is 1380. The second kappa shape index (κ2) is 9.19. The predicted molar refractivity (Wildman–Crippen MR) is 123 cm³/mol. The normalized spacial score (nSPS) is 22.6. The molecule has 0 aliphatic carbocycles. The predicted octanol–water partition coefficient (Wildman–Crippen LogP) is 0.490.